The van der Waals surface area contributed by atoms with E-state index in [9.17, 15) is 5.11 Å². The van der Waals surface area contributed by atoms with Crippen molar-refractivity contribution in [3.63, 3.8) is 0 Å². The summed E-state index contributed by atoms with van der Waals surface area (Å²) in [7, 11) is 0. The lowest BCUT2D eigenvalue weighted by Crippen LogP contribution is -3.00. The maximum Gasteiger partial charge on any atom is 0.126 e. The van der Waals surface area contributed by atoms with Gasteiger partial charge in [0.15, 0.2) is 0 Å². The lowest BCUT2D eigenvalue weighted by Gasteiger charge is -2.54. The van der Waals surface area contributed by atoms with Crippen LogP contribution in [0.15, 0.2) is 24.3 Å². The van der Waals surface area contributed by atoms with Gasteiger partial charge in [0.2, 0.25) is 0 Å². The number of hydrogen-bond donors (Lipinski definition) is 2. The number of nitrogens with two attached hydrogens (primary N) is 1. The maximum absolute atomic E-state index is 10.3. The molecule has 4 saturated carbocycles. The highest BCUT2D eigenvalue weighted by molar-refractivity contribution is 6.31. The average Bonchev–Trinajstić information content (AvgIpc) is 2.54. The molecule has 0 spiro atoms. The van der Waals surface area contributed by atoms with Gasteiger partial charge in [-0.25, -0.2) is 0 Å². The zero-order valence-electron chi connectivity index (χ0n) is 14.3. The number of aliphatic hydroxyl groups excluding tert-OH is 1. The van der Waals surface area contributed by atoms with Crippen LogP contribution in [0.1, 0.15) is 44.1 Å². The number of hydrogen-bond acceptors (Lipinski definition) is 2. The van der Waals surface area contributed by atoms with Crippen LogP contribution in [0.5, 0.6) is 0 Å². The first kappa shape index (κ1) is 16.8. The minimum Gasteiger partial charge on any atom is -0.385 e. The number of aliphatic hydroxyl groups is 1. The summed E-state index contributed by atoms with van der Waals surface area (Å²) in [6, 6.07) is 7.72. The Labute approximate surface area is 149 Å². The van der Waals surface area contributed by atoms with Crippen molar-refractivity contribution in [1.29, 1.82) is 0 Å². The Bertz CT molecular complexity index is 541. The van der Waals surface area contributed by atoms with Crippen molar-refractivity contribution in [1.82, 2.24) is 0 Å². The van der Waals surface area contributed by atoms with Crippen LogP contribution >= 0.6 is 11.6 Å². The lowest BCUT2D eigenvalue weighted by molar-refractivity contribution is -0.743. The highest BCUT2D eigenvalue weighted by Crippen LogP contribution is 2.54. The van der Waals surface area contributed by atoms with Crippen LogP contribution in [0.4, 0.5) is 0 Å². The zero-order valence-corrected chi connectivity index (χ0v) is 15.0. The third-order valence-electron chi connectivity index (χ3n) is 6.43. The molecule has 4 heteroatoms. The summed E-state index contributed by atoms with van der Waals surface area (Å²) in [6.07, 6.45) is 8.11. The van der Waals surface area contributed by atoms with Crippen molar-refractivity contribution in [3.8, 4) is 0 Å². The van der Waals surface area contributed by atoms with Crippen molar-refractivity contribution in [2.24, 2.45) is 17.8 Å². The molecule has 0 aliphatic heterocycles. The fourth-order valence-corrected chi connectivity index (χ4v) is 5.99. The molecule has 132 valence electrons. The highest BCUT2D eigenvalue weighted by Gasteiger charge is 2.53. The van der Waals surface area contributed by atoms with E-state index in [0.29, 0.717) is 18.8 Å². The Morgan fingerprint density at radius 3 is 2.38 bits per heavy atom. The van der Waals surface area contributed by atoms with Gasteiger partial charge >= 0.3 is 0 Å². The topological polar surface area (TPSA) is 46.1 Å². The second-order valence-corrected chi connectivity index (χ2v) is 8.89. The normalized spacial score (nSPS) is 35.3. The molecule has 0 amide bonds. The Morgan fingerprint density at radius 2 is 1.75 bits per heavy atom. The number of ether oxygens (including phenoxy) is 1. The first-order valence-corrected chi connectivity index (χ1v) is 9.83. The van der Waals surface area contributed by atoms with Gasteiger partial charge in [0, 0.05) is 24.3 Å². The standard InChI is InChI=1S/C20H28ClNO2/c21-19-4-2-1-3-17(19)12-24-13-18(23)11-22-20-8-14-5-15(9-20)7-16(6-14)10-20/h1-4,14-16,18,22-23H,5-13H2/p+1/t14?,15?,16?,18-,20?/m1/s1. The van der Waals surface area contributed by atoms with Gasteiger partial charge < -0.3 is 15.2 Å². The molecule has 3 nitrogen and oxygen atoms in total. The van der Waals surface area contributed by atoms with E-state index < -0.39 is 6.10 Å². The van der Waals surface area contributed by atoms with Gasteiger partial charge in [-0.3, -0.25) is 0 Å². The van der Waals surface area contributed by atoms with Crippen LogP contribution in [0, 0.1) is 17.8 Å². The molecule has 0 unspecified atom stereocenters. The molecule has 1 aromatic rings. The fraction of sp³-hybridized carbons (Fsp3) is 0.700. The maximum atomic E-state index is 10.3. The molecular formula is C20H29ClNO2+. The molecule has 4 bridgehead atoms. The average molecular weight is 351 g/mol. The molecule has 4 aliphatic carbocycles. The summed E-state index contributed by atoms with van der Waals surface area (Å²) in [4.78, 5) is 0. The van der Waals surface area contributed by atoms with Crippen LogP contribution in [-0.2, 0) is 11.3 Å². The Morgan fingerprint density at radius 1 is 1.12 bits per heavy atom. The predicted octanol–water partition coefficient (Wildman–Crippen LogP) is 2.75. The van der Waals surface area contributed by atoms with Crippen LogP contribution < -0.4 is 5.32 Å². The molecule has 1 aromatic carbocycles. The Balaban J connectivity index is 1.22. The summed E-state index contributed by atoms with van der Waals surface area (Å²) < 4.78 is 5.68. The van der Waals surface area contributed by atoms with Gasteiger partial charge in [-0.1, -0.05) is 29.8 Å². The summed E-state index contributed by atoms with van der Waals surface area (Å²) in [6.45, 7) is 1.61. The minimum absolute atomic E-state index is 0.383. The summed E-state index contributed by atoms with van der Waals surface area (Å²) >= 11 is 6.13. The van der Waals surface area contributed by atoms with Crippen molar-refractivity contribution < 1.29 is 15.2 Å². The van der Waals surface area contributed by atoms with Crippen LogP contribution in [0.2, 0.25) is 5.02 Å². The number of quaternary nitrogens is 1. The molecule has 4 aliphatic rings. The summed E-state index contributed by atoms with van der Waals surface area (Å²) in [5.74, 6) is 2.88. The van der Waals surface area contributed by atoms with E-state index in [1.165, 1.54) is 38.5 Å². The van der Waals surface area contributed by atoms with Crippen molar-refractivity contribution in [2.75, 3.05) is 13.2 Å². The fourth-order valence-electron chi connectivity index (χ4n) is 5.80. The molecule has 3 N–H and O–H groups in total. The smallest absolute Gasteiger partial charge is 0.126 e. The molecule has 5 rings (SSSR count). The van der Waals surface area contributed by atoms with Crippen molar-refractivity contribution in [3.05, 3.63) is 34.9 Å². The van der Waals surface area contributed by atoms with Gasteiger partial charge in [-0.2, -0.15) is 0 Å². The second kappa shape index (κ2) is 6.95. The second-order valence-electron chi connectivity index (χ2n) is 8.48. The monoisotopic (exact) mass is 350 g/mol. The van der Waals surface area contributed by atoms with E-state index in [1.54, 1.807) is 0 Å². The van der Waals surface area contributed by atoms with E-state index in [4.69, 9.17) is 16.3 Å². The predicted molar refractivity (Wildman–Crippen MR) is 94.8 cm³/mol. The largest absolute Gasteiger partial charge is 0.385 e. The van der Waals surface area contributed by atoms with E-state index in [2.05, 4.69) is 5.32 Å². The first-order valence-electron chi connectivity index (χ1n) is 9.45. The molecule has 1 atom stereocenters. The van der Waals surface area contributed by atoms with Crippen LogP contribution in [-0.4, -0.2) is 29.9 Å². The highest BCUT2D eigenvalue weighted by atomic mass is 35.5. The van der Waals surface area contributed by atoms with Crippen molar-refractivity contribution in [2.45, 2.75) is 56.8 Å². The van der Waals surface area contributed by atoms with E-state index >= 15 is 0 Å². The first-order chi connectivity index (χ1) is 11.6. The quantitative estimate of drug-likeness (QED) is 0.794. The van der Waals surface area contributed by atoms with Gasteiger partial charge in [-0.05, 0) is 48.6 Å². The van der Waals surface area contributed by atoms with Crippen LogP contribution in [0.3, 0.4) is 0 Å². The number of rotatable bonds is 7. The molecule has 4 fully saturated rings. The van der Waals surface area contributed by atoms with Gasteiger partial charge in [0.05, 0.1) is 18.8 Å². The van der Waals surface area contributed by atoms with E-state index in [1.807, 2.05) is 24.3 Å². The van der Waals surface area contributed by atoms with Gasteiger partial charge in [0.1, 0.15) is 12.6 Å². The third kappa shape index (κ3) is 3.65. The molecular weight excluding hydrogens is 322 g/mol. The van der Waals surface area contributed by atoms with Gasteiger partial charge in [-0.15, -0.1) is 0 Å². The molecule has 0 saturated heterocycles. The summed E-state index contributed by atoms with van der Waals surface area (Å²) in [5, 5.41) is 13.5. The number of halogens is 1. The molecule has 0 aromatic heterocycles. The summed E-state index contributed by atoms with van der Waals surface area (Å²) in [5.41, 5.74) is 1.41. The lowest BCUT2D eigenvalue weighted by atomic mass is 9.53. The van der Waals surface area contributed by atoms with E-state index in [-0.39, 0.29) is 0 Å². The van der Waals surface area contributed by atoms with E-state index in [0.717, 1.165) is 34.9 Å². The Kier molecular flexibility index (Phi) is 4.88. The zero-order chi connectivity index (χ0) is 16.6. The van der Waals surface area contributed by atoms with Gasteiger partial charge in [0.25, 0.3) is 0 Å². The Hall–Kier alpha value is -0.610. The number of benzene rings is 1. The minimum atomic E-state index is -0.402. The molecule has 0 radical (unpaired) electrons. The third-order valence-corrected chi connectivity index (χ3v) is 6.80. The van der Waals surface area contributed by atoms with Crippen LogP contribution in [0.25, 0.3) is 0 Å². The van der Waals surface area contributed by atoms with Crippen molar-refractivity contribution >= 4 is 11.6 Å². The molecule has 0 heterocycles. The SMILES string of the molecule is O[C@H](C[NH2+]C12CC3CC(CC(C3)C1)C2)COCc1ccccc1Cl. The molecule has 24 heavy (non-hydrogen) atoms.